The fourth-order valence-electron chi connectivity index (χ4n) is 1.10. The molecule has 0 aliphatic heterocycles. The van der Waals surface area contributed by atoms with Gasteiger partial charge in [-0.25, -0.2) is 16.8 Å². The second kappa shape index (κ2) is 4.56. The number of thiophene rings is 1. The van der Waals surface area contributed by atoms with Crippen LogP contribution in [-0.4, -0.2) is 34.6 Å². The van der Waals surface area contributed by atoms with Gasteiger partial charge in [0.1, 0.15) is 5.00 Å². The van der Waals surface area contributed by atoms with Crippen LogP contribution in [-0.2, 0) is 20.0 Å². The van der Waals surface area contributed by atoms with Crippen LogP contribution in [0.2, 0.25) is 0 Å². The van der Waals surface area contributed by atoms with Gasteiger partial charge in [0.05, 0.1) is 17.4 Å². The maximum Gasteiger partial charge on any atom is 0.262 e. The summed E-state index contributed by atoms with van der Waals surface area (Å²) >= 11 is 5.89. The Labute approximate surface area is 108 Å². The van der Waals surface area contributed by atoms with Crippen molar-refractivity contribution in [2.24, 2.45) is 0 Å². The second-order valence-electron chi connectivity index (χ2n) is 3.13. The highest BCUT2D eigenvalue weighted by atomic mass is 35.5. The van der Waals surface area contributed by atoms with E-state index < -0.39 is 25.3 Å². The number of hydrogen-bond acceptors (Lipinski definition) is 6. The Balaban J connectivity index is 3.40. The third kappa shape index (κ3) is 3.41. The van der Waals surface area contributed by atoms with Crippen molar-refractivity contribution in [3.8, 4) is 0 Å². The Kier molecular flexibility index (Phi) is 3.87. The summed E-state index contributed by atoms with van der Waals surface area (Å²) in [6, 6.07) is 2.47. The highest BCUT2D eigenvalue weighted by molar-refractivity contribution is 8.09. The van der Waals surface area contributed by atoms with E-state index in [0.717, 1.165) is 12.5 Å². The first-order valence-corrected chi connectivity index (χ1v) is 8.93. The third-order valence-corrected chi connectivity index (χ3v) is 6.41. The van der Waals surface area contributed by atoms with Gasteiger partial charge in [-0.15, -0.1) is 11.3 Å². The molecule has 10 heteroatoms. The summed E-state index contributed by atoms with van der Waals surface area (Å²) in [6.45, 7) is 0. The minimum absolute atomic E-state index is 0.0685. The van der Waals surface area contributed by atoms with Crippen LogP contribution in [0.5, 0.6) is 0 Å². The zero-order chi connectivity index (χ0) is 13.4. The average Bonchev–Trinajstić information content (AvgIpc) is 2.46. The molecule has 0 aliphatic rings. The van der Waals surface area contributed by atoms with Crippen molar-refractivity contribution in [3.63, 3.8) is 0 Å². The molecule has 0 fully saturated rings. The Morgan fingerprint density at radius 1 is 1.18 bits per heavy atom. The van der Waals surface area contributed by atoms with E-state index in [1.165, 1.54) is 12.1 Å². The topological polar surface area (TPSA) is 88.6 Å². The molecule has 0 spiro atoms. The van der Waals surface area contributed by atoms with Crippen molar-refractivity contribution in [1.29, 1.82) is 0 Å². The molecule has 1 rings (SSSR count). The van der Waals surface area contributed by atoms with E-state index in [-0.39, 0.29) is 13.6 Å². The number of nitrogens with zero attached hydrogens (tertiary/aromatic N) is 1. The van der Waals surface area contributed by atoms with Crippen LogP contribution in [0.1, 0.15) is 9.67 Å². The molecule has 0 aliphatic carbocycles. The van der Waals surface area contributed by atoms with Crippen molar-refractivity contribution in [1.82, 2.24) is 0 Å². The molecule has 1 aromatic rings. The summed E-state index contributed by atoms with van der Waals surface area (Å²) in [6.07, 6.45) is 1.52. The Bertz CT molecular complexity index is 613. The van der Waals surface area contributed by atoms with Gasteiger partial charge in [0.2, 0.25) is 20.0 Å². The monoisotopic (exact) mass is 317 g/mol. The third-order valence-electron chi connectivity index (χ3n) is 1.57. The molecule has 96 valence electrons. The van der Waals surface area contributed by atoms with Gasteiger partial charge >= 0.3 is 0 Å². The molecule has 0 atom stereocenters. The minimum atomic E-state index is -3.99. The summed E-state index contributed by atoms with van der Waals surface area (Å²) in [5, 5.41) is -0.873. The van der Waals surface area contributed by atoms with E-state index in [1.807, 2.05) is 0 Å². The highest BCUT2D eigenvalue weighted by Crippen LogP contribution is 2.30. The Hall–Kier alpha value is -0.640. The lowest BCUT2D eigenvalue weighted by Gasteiger charge is -2.17. The van der Waals surface area contributed by atoms with Crippen LogP contribution in [0.4, 0.5) is 5.00 Å². The average molecular weight is 318 g/mol. The van der Waals surface area contributed by atoms with Crippen LogP contribution in [0.3, 0.4) is 0 Å². The van der Waals surface area contributed by atoms with E-state index in [2.05, 4.69) is 0 Å². The van der Waals surface area contributed by atoms with Gasteiger partial charge in [0, 0.05) is 0 Å². The summed E-state index contributed by atoms with van der Waals surface area (Å²) in [7, 11) is -7.97. The Morgan fingerprint density at radius 2 is 1.65 bits per heavy atom. The first-order chi connectivity index (χ1) is 7.53. The molecule has 0 bridgehead atoms. The number of carbonyl (C=O) groups excluding carboxylic acids is 1. The van der Waals surface area contributed by atoms with Gasteiger partial charge in [0.15, 0.2) is 0 Å². The number of halogens is 1. The molecular weight excluding hydrogens is 310 g/mol. The van der Waals surface area contributed by atoms with Crippen molar-refractivity contribution < 1.29 is 21.6 Å². The van der Waals surface area contributed by atoms with Crippen molar-refractivity contribution >= 4 is 53.2 Å². The first-order valence-electron chi connectivity index (χ1n) is 4.03. The predicted molar refractivity (Wildman–Crippen MR) is 66.7 cm³/mol. The summed E-state index contributed by atoms with van der Waals surface area (Å²) < 4.78 is 45.8. The molecular formula is C7H8ClNO5S3. The first kappa shape index (κ1) is 14.4. The van der Waals surface area contributed by atoms with E-state index >= 15 is 0 Å². The SMILES string of the molecule is CS(=O)(=O)N(c1ccc(C(=O)Cl)s1)S(C)(=O)=O. The lowest BCUT2D eigenvalue weighted by Crippen LogP contribution is -2.34. The maximum atomic E-state index is 11.4. The fourth-order valence-corrected chi connectivity index (χ4v) is 5.71. The summed E-state index contributed by atoms with van der Waals surface area (Å²) in [5.41, 5.74) is 0. The van der Waals surface area contributed by atoms with E-state index in [1.54, 1.807) is 0 Å². The molecule has 0 amide bonds. The highest BCUT2D eigenvalue weighted by Gasteiger charge is 2.29. The molecule has 0 radical (unpaired) electrons. The fraction of sp³-hybridized carbons (Fsp3) is 0.286. The normalized spacial score (nSPS) is 12.4. The Morgan fingerprint density at radius 3 is 1.94 bits per heavy atom. The number of hydrogen-bond donors (Lipinski definition) is 0. The summed E-state index contributed by atoms with van der Waals surface area (Å²) in [5.74, 6) is 0. The van der Waals surface area contributed by atoms with Crippen LogP contribution in [0, 0.1) is 0 Å². The number of rotatable bonds is 4. The van der Waals surface area contributed by atoms with Crippen molar-refractivity contribution in [2.45, 2.75) is 0 Å². The van der Waals surface area contributed by atoms with Gasteiger partial charge in [-0.05, 0) is 23.7 Å². The minimum Gasteiger partial charge on any atom is -0.275 e. The van der Waals surface area contributed by atoms with Gasteiger partial charge in [-0.1, -0.05) is 0 Å². The van der Waals surface area contributed by atoms with Gasteiger partial charge in [0.25, 0.3) is 5.24 Å². The maximum absolute atomic E-state index is 11.4. The summed E-state index contributed by atoms with van der Waals surface area (Å²) in [4.78, 5) is 10.9. The predicted octanol–water partition coefficient (Wildman–Crippen LogP) is 0.853. The zero-order valence-electron chi connectivity index (χ0n) is 8.75. The van der Waals surface area contributed by atoms with Crippen LogP contribution in [0.25, 0.3) is 0 Å². The van der Waals surface area contributed by atoms with Crippen molar-refractivity contribution in [2.75, 3.05) is 16.2 Å². The van der Waals surface area contributed by atoms with Crippen molar-refractivity contribution in [3.05, 3.63) is 17.0 Å². The van der Waals surface area contributed by atoms with E-state index in [4.69, 9.17) is 11.6 Å². The van der Waals surface area contributed by atoms with E-state index in [0.29, 0.717) is 11.3 Å². The van der Waals surface area contributed by atoms with Gasteiger partial charge < -0.3 is 0 Å². The largest absolute Gasteiger partial charge is 0.275 e. The van der Waals surface area contributed by atoms with Crippen LogP contribution in [0.15, 0.2) is 12.1 Å². The molecule has 0 N–H and O–H groups in total. The number of anilines is 1. The van der Waals surface area contributed by atoms with Gasteiger partial charge in [-0.2, -0.15) is 3.71 Å². The quantitative estimate of drug-likeness (QED) is 0.768. The number of sulfonamides is 2. The smallest absolute Gasteiger partial charge is 0.262 e. The zero-order valence-corrected chi connectivity index (χ0v) is 12.0. The van der Waals surface area contributed by atoms with Crippen LogP contribution < -0.4 is 3.71 Å². The van der Waals surface area contributed by atoms with Crippen LogP contribution >= 0.6 is 22.9 Å². The molecule has 0 saturated carbocycles. The molecule has 0 aromatic carbocycles. The standard InChI is InChI=1S/C7H8ClNO5S3/c1-16(11,12)9(17(2,13)14)6-4-3-5(15-6)7(8)10/h3-4H,1-2H3. The molecule has 17 heavy (non-hydrogen) atoms. The molecule has 1 aromatic heterocycles. The molecule has 1 heterocycles. The lowest BCUT2D eigenvalue weighted by atomic mass is 10.5. The molecule has 6 nitrogen and oxygen atoms in total. The second-order valence-corrected chi connectivity index (χ2v) is 8.43. The van der Waals surface area contributed by atoms with Gasteiger partial charge in [-0.3, -0.25) is 4.79 Å². The van der Waals surface area contributed by atoms with E-state index in [9.17, 15) is 21.6 Å². The lowest BCUT2D eigenvalue weighted by molar-refractivity contribution is 0.108. The molecule has 0 unspecified atom stereocenters. The number of carbonyl (C=O) groups is 1. The molecule has 0 saturated heterocycles.